The standard InChI is InChI=1S/C22H24N2O5S/c1-22(2,3)24-30(26,27)20-13-12-19(29-20)21(25)23-15-16-8-7-11-18(14-16)28-17-9-5-4-6-10-17/h4-14,24H,15H2,1-3H3,(H,23,25). The van der Waals surface area contributed by atoms with Crippen LogP contribution in [0.3, 0.4) is 0 Å². The molecule has 30 heavy (non-hydrogen) atoms. The molecule has 0 aliphatic heterocycles. The first-order valence-corrected chi connectivity index (χ1v) is 10.8. The molecule has 7 nitrogen and oxygen atoms in total. The van der Waals surface area contributed by atoms with Crippen molar-refractivity contribution in [3.8, 4) is 11.5 Å². The number of nitrogens with one attached hydrogen (secondary N) is 2. The maximum absolute atomic E-state index is 12.4. The van der Waals surface area contributed by atoms with E-state index in [1.807, 2.05) is 54.6 Å². The van der Waals surface area contributed by atoms with E-state index in [1.54, 1.807) is 20.8 Å². The summed E-state index contributed by atoms with van der Waals surface area (Å²) in [6.45, 7) is 5.39. The van der Waals surface area contributed by atoms with E-state index in [1.165, 1.54) is 12.1 Å². The number of sulfonamides is 1. The number of hydrogen-bond donors (Lipinski definition) is 2. The van der Waals surface area contributed by atoms with Gasteiger partial charge in [-0.25, -0.2) is 13.1 Å². The van der Waals surface area contributed by atoms with Crippen LogP contribution in [0, 0.1) is 0 Å². The molecular weight excluding hydrogens is 404 g/mol. The molecule has 0 bridgehead atoms. The zero-order valence-electron chi connectivity index (χ0n) is 17.0. The fourth-order valence-corrected chi connectivity index (χ4v) is 4.01. The van der Waals surface area contributed by atoms with E-state index in [9.17, 15) is 13.2 Å². The van der Waals surface area contributed by atoms with Crippen LogP contribution in [-0.2, 0) is 16.6 Å². The molecule has 0 aliphatic rings. The Balaban J connectivity index is 1.63. The number of carbonyl (C=O) groups is 1. The van der Waals surface area contributed by atoms with E-state index < -0.39 is 21.5 Å². The van der Waals surface area contributed by atoms with Crippen LogP contribution < -0.4 is 14.8 Å². The zero-order valence-corrected chi connectivity index (χ0v) is 17.8. The first kappa shape index (κ1) is 21.6. The molecule has 0 fully saturated rings. The van der Waals surface area contributed by atoms with Crippen molar-refractivity contribution >= 4 is 15.9 Å². The van der Waals surface area contributed by atoms with Crippen LogP contribution in [-0.4, -0.2) is 19.9 Å². The highest BCUT2D eigenvalue weighted by Gasteiger charge is 2.26. The minimum Gasteiger partial charge on any atom is -0.457 e. The fourth-order valence-electron chi connectivity index (χ4n) is 2.65. The van der Waals surface area contributed by atoms with Crippen molar-refractivity contribution in [2.24, 2.45) is 0 Å². The third-order valence-electron chi connectivity index (χ3n) is 3.84. The molecule has 0 radical (unpaired) electrons. The highest BCUT2D eigenvalue weighted by atomic mass is 32.2. The number of amides is 1. The predicted octanol–water partition coefficient (Wildman–Crippen LogP) is 4.08. The second-order valence-corrected chi connectivity index (χ2v) is 9.33. The second-order valence-electron chi connectivity index (χ2n) is 7.72. The normalized spacial score (nSPS) is 11.8. The number of para-hydroxylation sites is 1. The summed E-state index contributed by atoms with van der Waals surface area (Å²) in [6.07, 6.45) is 0. The average molecular weight is 429 g/mol. The third kappa shape index (κ3) is 5.95. The highest BCUT2D eigenvalue weighted by molar-refractivity contribution is 7.89. The number of furan rings is 1. The van der Waals surface area contributed by atoms with Crippen molar-refractivity contribution in [2.45, 2.75) is 37.9 Å². The summed E-state index contributed by atoms with van der Waals surface area (Å²) in [4.78, 5) is 12.4. The van der Waals surface area contributed by atoms with Gasteiger partial charge in [-0.1, -0.05) is 30.3 Å². The van der Waals surface area contributed by atoms with Crippen LogP contribution in [0.25, 0.3) is 0 Å². The minimum absolute atomic E-state index is 0.0824. The van der Waals surface area contributed by atoms with Gasteiger partial charge in [-0.3, -0.25) is 4.79 Å². The maximum Gasteiger partial charge on any atom is 0.287 e. The summed E-state index contributed by atoms with van der Waals surface area (Å²) in [5.41, 5.74) is 0.159. The molecule has 2 aromatic carbocycles. The lowest BCUT2D eigenvalue weighted by atomic mass is 10.1. The quantitative estimate of drug-likeness (QED) is 0.591. The molecule has 1 aromatic heterocycles. The maximum atomic E-state index is 12.4. The molecule has 1 amide bonds. The molecule has 0 saturated heterocycles. The van der Waals surface area contributed by atoms with Crippen LogP contribution in [0.15, 0.2) is 76.2 Å². The summed E-state index contributed by atoms with van der Waals surface area (Å²) < 4.78 is 38.1. The van der Waals surface area contributed by atoms with Crippen molar-refractivity contribution in [3.05, 3.63) is 78.1 Å². The van der Waals surface area contributed by atoms with Gasteiger partial charge >= 0.3 is 0 Å². The second kappa shape index (κ2) is 8.73. The molecule has 0 atom stereocenters. The number of benzene rings is 2. The summed E-state index contributed by atoms with van der Waals surface area (Å²) in [5, 5.41) is 2.41. The Kier molecular flexibility index (Phi) is 6.28. The van der Waals surface area contributed by atoms with Crippen molar-refractivity contribution < 1.29 is 22.4 Å². The Hall–Kier alpha value is -3.10. The molecule has 2 N–H and O–H groups in total. The van der Waals surface area contributed by atoms with Crippen molar-refractivity contribution in [2.75, 3.05) is 0 Å². The Labute approximate surface area is 176 Å². The van der Waals surface area contributed by atoms with E-state index in [2.05, 4.69) is 10.0 Å². The Morgan fingerprint density at radius 2 is 1.67 bits per heavy atom. The van der Waals surface area contributed by atoms with Gasteiger partial charge in [-0.15, -0.1) is 0 Å². The van der Waals surface area contributed by atoms with Crippen molar-refractivity contribution in [1.82, 2.24) is 10.0 Å². The first-order chi connectivity index (χ1) is 14.1. The highest BCUT2D eigenvalue weighted by Crippen LogP contribution is 2.22. The van der Waals surface area contributed by atoms with Gasteiger partial charge < -0.3 is 14.5 Å². The number of hydrogen-bond acceptors (Lipinski definition) is 5. The zero-order chi connectivity index (χ0) is 21.8. The molecular formula is C22H24N2O5S. The largest absolute Gasteiger partial charge is 0.457 e. The number of ether oxygens (including phenoxy) is 1. The van der Waals surface area contributed by atoms with Gasteiger partial charge in [0.05, 0.1) is 0 Å². The van der Waals surface area contributed by atoms with Gasteiger partial charge in [0.25, 0.3) is 15.9 Å². The summed E-state index contributed by atoms with van der Waals surface area (Å²) >= 11 is 0. The van der Waals surface area contributed by atoms with Crippen molar-refractivity contribution in [3.63, 3.8) is 0 Å². The van der Waals surface area contributed by atoms with Crippen molar-refractivity contribution in [1.29, 1.82) is 0 Å². The van der Waals surface area contributed by atoms with Gasteiger partial charge in [-0.05, 0) is 62.7 Å². The topological polar surface area (TPSA) is 97.6 Å². The predicted molar refractivity (Wildman–Crippen MR) is 113 cm³/mol. The van der Waals surface area contributed by atoms with E-state index in [-0.39, 0.29) is 17.4 Å². The van der Waals surface area contributed by atoms with Gasteiger partial charge in [0.15, 0.2) is 5.76 Å². The third-order valence-corrected chi connectivity index (χ3v) is 5.47. The first-order valence-electron chi connectivity index (χ1n) is 9.36. The SMILES string of the molecule is CC(C)(C)NS(=O)(=O)c1ccc(C(=O)NCc2cccc(Oc3ccccc3)c2)o1. The molecule has 158 valence electrons. The Morgan fingerprint density at radius 1 is 0.967 bits per heavy atom. The lowest BCUT2D eigenvalue weighted by molar-refractivity contribution is 0.0917. The number of rotatable bonds is 7. The van der Waals surface area contributed by atoms with E-state index in [0.29, 0.717) is 11.5 Å². The number of carbonyl (C=O) groups excluding carboxylic acids is 1. The molecule has 0 aliphatic carbocycles. The lowest BCUT2D eigenvalue weighted by Gasteiger charge is -2.18. The van der Waals surface area contributed by atoms with Gasteiger partial charge in [0, 0.05) is 12.1 Å². The average Bonchev–Trinajstić information content (AvgIpc) is 3.17. The van der Waals surface area contributed by atoms with Crippen LogP contribution in [0.4, 0.5) is 0 Å². The minimum atomic E-state index is -3.85. The molecule has 0 saturated carbocycles. The molecule has 8 heteroatoms. The molecule has 1 heterocycles. The molecule has 0 spiro atoms. The van der Waals surface area contributed by atoms with Crippen LogP contribution in [0.5, 0.6) is 11.5 Å². The summed E-state index contributed by atoms with van der Waals surface area (Å²) in [7, 11) is -3.85. The summed E-state index contributed by atoms with van der Waals surface area (Å²) in [6, 6.07) is 19.3. The van der Waals surface area contributed by atoms with E-state index in [0.717, 1.165) is 5.56 Å². The smallest absolute Gasteiger partial charge is 0.287 e. The Bertz CT molecular complexity index is 1120. The molecule has 0 unspecified atom stereocenters. The van der Waals surface area contributed by atoms with Crippen LogP contribution in [0.1, 0.15) is 36.9 Å². The molecule has 3 rings (SSSR count). The Morgan fingerprint density at radius 3 is 2.37 bits per heavy atom. The van der Waals surface area contributed by atoms with Crippen LogP contribution in [0.2, 0.25) is 0 Å². The van der Waals surface area contributed by atoms with Gasteiger partial charge in [0.1, 0.15) is 11.5 Å². The van der Waals surface area contributed by atoms with E-state index >= 15 is 0 Å². The fraction of sp³-hybridized carbons (Fsp3) is 0.227. The van der Waals surface area contributed by atoms with E-state index in [4.69, 9.17) is 9.15 Å². The van der Waals surface area contributed by atoms with Gasteiger partial charge in [0.2, 0.25) is 5.09 Å². The molecule has 3 aromatic rings. The van der Waals surface area contributed by atoms with Gasteiger partial charge in [-0.2, -0.15) is 0 Å². The summed E-state index contributed by atoms with van der Waals surface area (Å²) in [5.74, 6) is 0.766. The lowest BCUT2D eigenvalue weighted by Crippen LogP contribution is -2.40. The monoisotopic (exact) mass is 428 g/mol. The van der Waals surface area contributed by atoms with Crippen LogP contribution >= 0.6 is 0 Å².